The van der Waals surface area contributed by atoms with Crippen LogP contribution in [-0.2, 0) is 11.2 Å². The summed E-state index contributed by atoms with van der Waals surface area (Å²) in [6.45, 7) is 9.52. The van der Waals surface area contributed by atoms with Gasteiger partial charge in [0.2, 0.25) is 5.91 Å². The molecule has 2 aliphatic rings. The quantitative estimate of drug-likeness (QED) is 0.926. The van der Waals surface area contributed by atoms with Crippen LogP contribution in [0.25, 0.3) is 0 Å². The zero-order valence-electron chi connectivity index (χ0n) is 13.8. The van der Waals surface area contributed by atoms with E-state index in [1.165, 1.54) is 17.7 Å². The van der Waals surface area contributed by atoms with E-state index in [-0.39, 0.29) is 11.3 Å². The Balaban J connectivity index is 1.73. The molecule has 4 heteroatoms. The van der Waals surface area contributed by atoms with Gasteiger partial charge in [0, 0.05) is 45.0 Å². The lowest BCUT2D eigenvalue weighted by molar-refractivity contribution is -0.140. The van der Waals surface area contributed by atoms with Crippen LogP contribution in [0, 0.1) is 5.41 Å². The minimum Gasteiger partial charge on any atom is -0.370 e. The Morgan fingerprint density at radius 2 is 1.91 bits per heavy atom. The Kier molecular flexibility index (Phi) is 4.39. The molecular weight excluding hydrogens is 274 g/mol. The molecule has 120 valence electrons. The average molecular weight is 301 g/mol. The van der Waals surface area contributed by atoms with Gasteiger partial charge in [0.1, 0.15) is 0 Å². The molecule has 0 aliphatic carbocycles. The molecule has 1 aromatic carbocycles. The molecule has 0 radical (unpaired) electrons. The zero-order valence-corrected chi connectivity index (χ0v) is 13.8. The van der Waals surface area contributed by atoms with Crippen LogP contribution in [-0.4, -0.2) is 50.1 Å². The molecule has 0 saturated carbocycles. The third kappa shape index (κ3) is 3.12. The minimum atomic E-state index is -0.345. The first kappa shape index (κ1) is 15.3. The van der Waals surface area contributed by atoms with Gasteiger partial charge < -0.3 is 15.1 Å². The summed E-state index contributed by atoms with van der Waals surface area (Å²) in [4.78, 5) is 17.3. The highest BCUT2D eigenvalue weighted by atomic mass is 16.2. The van der Waals surface area contributed by atoms with Gasteiger partial charge in [-0.1, -0.05) is 18.2 Å². The Labute approximate surface area is 133 Å². The summed E-state index contributed by atoms with van der Waals surface area (Å²) in [5, 5.41) is 3.31. The SMILES string of the molecule is CC(C)(CN1CCCc2ccccc21)C(=O)N1CCNCC1. The fourth-order valence-corrected chi connectivity index (χ4v) is 3.62. The number of rotatable bonds is 3. The molecule has 1 amide bonds. The molecule has 1 saturated heterocycles. The standard InChI is InChI=1S/C18H27N3O/c1-18(2,17(22)20-12-9-19-10-13-20)14-21-11-5-7-15-6-3-4-8-16(15)21/h3-4,6,8,19H,5,7,9-14H2,1-2H3. The van der Waals surface area contributed by atoms with Crippen LogP contribution in [0.3, 0.4) is 0 Å². The van der Waals surface area contributed by atoms with E-state index in [1.54, 1.807) is 0 Å². The van der Waals surface area contributed by atoms with Crippen molar-refractivity contribution in [1.82, 2.24) is 10.2 Å². The molecule has 0 aromatic heterocycles. The highest BCUT2D eigenvalue weighted by Crippen LogP contribution is 2.30. The normalized spacial score (nSPS) is 19.0. The Bertz CT molecular complexity index is 535. The van der Waals surface area contributed by atoms with E-state index in [0.717, 1.165) is 45.7 Å². The largest absolute Gasteiger partial charge is 0.370 e. The summed E-state index contributed by atoms with van der Waals surface area (Å²) in [6.07, 6.45) is 2.33. The molecular formula is C18H27N3O. The van der Waals surface area contributed by atoms with Crippen molar-refractivity contribution in [3.8, 4) is 0 Å². The van der Waals surface area contributed by atoms with Gasteiger partial charge in [0.05, 0.1) is 5.41 Å². The van der Waals surface area contributed by atoms with Crippen molar-refractivity contribution < 1.29 is 4.79 Å². The van der Waals surface area contributed by atoms with Crippen molar-refractivity contribution in [3.05, 3.63) is 29.8 Å². The maximum Gasteiger partial charge on any atom is 0.230 e. The van der Waals surface area contributed by atoms with Gasteiger partial charge in [-0.2, -0.15) is 0 Å². The number of hydrogen-bond acceptors (Lipinski definition) is 3. The third-order valence-corrected chi connectivity index (χ3v) is 4.78. The number of hydrogen-bond donors (Lipinski definition) is 1. The number of nitrogens with one attached hydrogen (secondary N) is 1. The van der Waals surface area contributed by atoms with Gasteiger partial charge in [0.15, 0.2) is 0 Å². The summed E-state index contributed by atoms with van der Waals surface area (Å²) in [5.74, 6) is 0.289. The van der Waals surface area contributed by atoms with Gasteiger partial charge in [-0.05, 0) is 38.3 Å². The number of piperazine rings is 1. The first-order chi connectivity index (χ1) is 10.6. The maximum absolute atomic E-state index is 12.9. The first-order valence-corrected chi connectivity index (χ1v) is 8.41. The average Bonchev–Trinajstić information content (AvgIpc) is 2.55. The van der Waals surface area contributed by atoms with Gasteiger partial charge in [-0.25, -0.2) is 0 Å². The number of nitrogens with zero attached hydrogens (tertiary/aromatic N) is 2. The number of carbonyl (C=O) groups excluding carboxylic acids is 1. The first-order valence-electron chi connectivity index (χ1n) is 8.41. The van der Waals surface area contributed by atoms with E-state index in [4.69, 9.17) is 0 Å². The molecule has 22 heavy (non-hydrogen) atoms. The number of benzene rings is 1. The van der Waals surface area contributed by atoms with E-state index in [0.29, 0.717) is 0 Å². The topological polar surface area (TPSA) is 35.6 Å². The Morgan fingerprint density at radius 1 is 1.18 bits per heavy atom. The van der Waals surface area contributed by atoms with Crippen molar-refractivity contribution in [2.75, 3.05) is 44.2 Å². The number of fused-ring (bicyclic) bond motifs is 1. The van der Waals surface area contributed by atoms with Gasteiger partial charge in [-0.3, -0.25) is 4.79 Å². The van der Waals surface area contributed by atoms with Crippen molar-refractivity contribution in [1.29, 1.82) is 0 Å². The van der Waals surface area contributed by atoms with Gasteiger partial charge >= 0.3 is 0 Å². The molecule has 0 atom stereocenters. The molecule has 3 rings (SSSR count). The fraction of sp³-hybridized carbons (Fsp3) is 0.611. The van der Waals surface area contributed by atoms with Crippen LogP contribution in [0.15, 0.2) is 24.3 Å². The smallest absolute Gasteiger partial charge is 0.230 e. The summed E-state index contributed by atoms with van der Waals surface area (Å²) in [5.41, 5.74) is 2.39. The molecule has 0 unspecified atom stereocenters. The number of amides is 1. The van der Waals surface area contributed by atoms with E-state index in [1.807, 2.05) is 4.90 Å². The minimum absolute atomic E-state index is 0.289. The van der Waals surface area contributed by atoms with Crippen molar-refractivity contribution in [2.45, 2.75) is 26.7 Å². The van der Waals surface area contributed by atoms with Crippen molar-refractivity contribution >= 4 is 11.6 Å². The monoisotopic (exact) mass is 301 g/mol. The third-order valence-electron chi connectivity index (χ3n) is 4.78. The van der Waals surface area contributed by atoms with Gasteiger partial charge in [0.25, 0.3) is 0 Å². The van der Waals surface area contributed by atoms with Crippen LogP contribution in [0.1, 0.15) is 25.8 Å². The Hall–Kier alpha value is -1.55. The Morgan fingerprint density at radius 3 is 2.68 bits per heavy atom. The van der Waals surface area contributed by atoms with E-state index in [9.17, 15) is 4.79 Å². The van der Waals surface area contributed by atoms with Crippen LogP contribution >= 0.6 is 0 Å². The highest BCUT2D eigenvalue weighted by Gasteiger charge is 2.35. The molecule has 2 heterocycles. The van der Waals surface area contributed by atoms with Crippen LogP contribution in [0.4, 0.5) is 5.69 Å². The lowest BCUT2D eigenvalue weighted by Gasteiger charge is -2.40. The molecule has 1 aromatic rings. The second kappa shape index (κ2) is 6.29. The lowest BCUT2D eigenvalue weighted by atomic mass is 9.89. The molecule has 0 spiro atoms. The highest BCUT2D eigenvalue weighted by molar-refractivity contribution is 5.83. The second-order valence-corrected chi connectivity index (χ2v) is 7.08. The molecule has 1 N–H and O–H groups in total. The van der Waals surface area contributed by atoms with E-state index < -0.39 is 0 Å². The molecule has 2 aliphatic heterocycles. The fourth-order valence-electron chi connectivity index (χ4n) is 3.62. The second-order valence-electron chi connectivity index (χ2n) is 7.08. The summed E-state index contributed by atoms with van der Waals surface area (Å²) < 4.78 is 0. The summed E-state index contributed by atoms with van der Waals surface area (Å²) in [6, 6.07) is 8.62. The van der Waals surface area contributed by atoms with Crippen LogP contribution in [0.2, 0.25) is 0 Å². The van der Waals surface area contributed by atoms with E-state index >= 15 is 0 Å². The van der Waals surface area contributed by atoms with Crippen LogP contribution in [0.5, 0.6) is 0 Å². The number of para-hydroxylation sites is 1. The van der Waals surface area contributed by atoms with Crippen molar-refractivity contribution in [3.63, 3.8) is 0 Å². The van der Waals surface area contributed by atoms with E-state index in [2.05, 4.69) is 48.3 Å². The van der Waals surface area contributed by atoms with Crippen LogP contribution < -0.4 is 10.2 Å². The number of anilines is 1. The predicted octanol–water partition coefficient (Wildman–Crippen LogP) is 1.90. The maximum atomic E-state index is 12.9. The predicted molar refractivity (Wildman–Crippen MR) is 90.2 cm³/mol. The molecule has 0 bridgehead atoms. The number of carbonyl (C=O) groups is 1. The zero-order chi connectivity index (χ0) is 15.6. The molecule has 1 fully saturated rings. The lowest BCUT2D eigenvalue weighted by Crippen LogP contribution is -2.53. The van der Waals surface area contributed by atoms with Gasteiger partial charge in [-0.15, -0.1) is 0 Å². The van der Waals surface area contributed by atoms with Crippen molar-refractivity contribution in [2.24, 2.45) is 5.41 Å². The summed E-state index contributed by atoms with van der Waals surface area (Å²) >= 11 is 0. The number of aryl methyl sites for hydroxylation is 1. The summed E-state index contributed by atoms with van der Waals surface area (Å²) in [7, 11) is 0. The molecule has 4 nitrogen and oxygen atoms in total.